The summed E-state index contributed by atoms with van der Waals surface area (Å²) in [6, 6.07) is 21.6. The maximum absolute atomic E-state index is 14.1. The summed E-state index contributed by atoms with van der Waals surface area (Å²) in [6.45, 7) is 7.31. The quantitative estimate of drug-likeness (QED) is 0.0843. The molecule has 0 radical (unpaired) electrons. The van der Waals surface area contributed by atoms with Gasteiger partial charge in [0.2, 0.25) is 11.8 Å². The van der Waals surface area contributed by atoms with Gasteiger partial charge in [0.05, 0.1) is 47.0 Å². The van der Waals surface area contributed by atoms with Crippen molar-refractivity contribution in [2.24, 2.45) is 5.92 Å². The number of urea groups is 1. The molecule has 3 aliphatic rings. The summed E-state index contributed by atoms with van der Waals surface area (Å²) < 4.78 is 5.82. The highest BCUT2D eigenvalue weighted by atomic mass is 32.1. The maximum Gasteiger partial charge on any atom is 0.407 e. The van der Waals surface area contributed by atoms with Crippen LogP contribution in [0, 0.1) is 5.92 Å². The number of H-pyrrole nitrogens is 1. The lowest BCUT2D eigenvalue weighted by atomic mass is 10.0. The summed E-state index contributed by atoms with van der Waals surface area (Å²) in [6.07, 6.45) is 6.28. The van der Waals surface area contributed by atoms with E-state index < -0.39 is 18.2 Å². The van der Waals surface area contributed by atoms with Gasteiger partial charge in [0.25, 0.3) is 0 Å². The molecule has 0 bridgehead atoms. The molecule has 5 amide bonds. The number of alkyl carbamates (subject to hydrolysis) is 1. The molecule has 5 heterocycles. The van der Waals surface area contributed by atoms with E-state index in [4.69, 9.17) is 14.7 Å². The molecule has 5 atom stereocenters. The maximum atomic E-state index is 14.1. The monoisotopic (exact) mass is 844 g/mol. The first-order valence-electron chi connectivity index (χ1n) is 21.0. The van der Waals surface area contributed by atoms with Gasteiger partial charge in [-0.05, 0) is 61.8 Å². The van der Waals surface area contributed by atoms with E-state index in [2.05, 4.69) is 55.8 Å². The van der Waals surface area contributed by atoms with Crippen LogP contribution in [0.5, 0.6) is 0 Å². The number of aromatic amines is 1. The van der Waals surface area contributed by atoms with Crippen LogP contribution in [0.3, 0.4) is 0 Å². The lowest BCUT2D eigenvalue weighted by molar-refractivity contribution is -0.136. The summed E-state index contributed by atoms with van der Waals surface area (Å²) in [5, 5.41) is 16.4. The lowest BCUT2D eigenvalue weighted by Gasteiger charge is -2.33. The molecule has 318 valence electrons. The van der Waals surface area contributed by atoms with Gasteiger partial charge in [-0.1, -0.05) is 74.5 Å². The van der Waals surface area contributed by atoms with E-state index in [1.807, 2.05) is 85.3 Å². The van der Waals surface area contributed by atoms with Crippen LogP contribution in [0.25, 0.3) is 37.7 Å². The van der Waals surface area contributed by atoms with Crippen LogP contribution in [-0.4, -0.2) is 93.7 Å². The number of thiazole rings is 1. The highest BCUT2D eigenvalue weighted by Crippen LogP contribution is 2.36. The second-order valence-electron chi connectivity index (χ2n) is 15.9. The molecule has 1 unspecified atom stereocenters. The van der Waals surface area contributed by atoms with Gasteiger partial charge in [-0.25, -0.2) is 19.6 Å². The molecule has 0 aliphatic carbocycles. The van der Waals surface area contributed by atoms with E-state index >= 15 is 0 Å². The van der Waals surface area contributed by atoms with E-state index in [1.165, 1.54) is 7.11 Å². The van der Waals surface area contributed by atoms with Crippen molar-refractivity contribution < 1.29 is 23.9 Å². The lowest BCUT2D eigenvalue weighted by Crippen LogP contribution is -2.54. The van der Waals surface area contributed by atoms with E-state index in [0.29, 0.717) is 19.6 Å². The predicted molar refractivity (Wildman–Crippen MR) is 235 cm³/mol. The van der Waals surface area contributed by atoms with E-state index in [9.17, 15) is 19.2 Å². The topological polar surface area (TPSA) is 186 Å². The Hall–Kier alpha value is -6.42. The Balaban J connectivity index is 0.920. The number of rotatable bonds is 12. The number of carbonyl (C=O) groups is 4. The van der Waals surface area contributed by atoms with Gasteiger partial charge in [0, 0.05) is 37.0 Å². The number of imidazole rings is 1. The molecule has 3 aliphatic heterocycles. The molecule has 15 nitrogen and oxygen atoms in total. The van der Waals surface area contributed by atoms with Crippen LogP contribution in [-0.2, 0) is 14.3 Å². The van der Waals surface area contributed by atoms with Crippen molar-refractivity contribution in [3.8, 4) is 21.8 Å². The van der Waals surface area contributed by atoms with Crippen LogP contribution < -0.4 is 26.6 Å². The number of hydrogen-bond donors (Lipinski definition) is 6. The third-order valence-corrected chi connectivity index (χ3v) is 12.7. The van der Waals surface area contributed by atoms with Crippen molar-refractivity contribution in [3.05, 3.63) is 102 Å². The Morgan fingerprint density at radius 3 is 2.39 bits per heavy atom. The standard InChI is InChI=1S/C45H52N10O5S/c1-5-46-44(58)52-38(28-11-7-6-8-12-28)43(57)55-22-10-14-35(55)40-48-25-33(50-40)30-19-20-31-36(23-30)61-41(51-31)29-17-15-27(16-18-29)32-24-47-39(49-32)34-13-9-21-54(34)42(56)37(26(2)3)53-45(59)60-4/h6-8,11-12,15-20,23-26,34-35,37-38,40,48,50H,5,9-10,13-14,21-22H2,1-4H3,(H,47,49)(H,53,59)(H2,46,52,58)/t34-,35-,37-,38+,40?/m0/s1. The van der Waals surface area contributed by atoms with Crippen LogP contribution >= 0.6 is 11.3 Å². The van der Waals surface area contributed by atoms with Gasteiger partial charge in [-0.3, -0.25) is 9.59 Å². The van der Waals surface area contributed by atoms with Crippen molar-refractivity contribution in [1.82, 2.24) is 51.3 Å². The van der Waals surface area contributed by atoms with E-state index in [0.717, 1.165) is 80.4 Å². The third kappa shape index (κ3) is 8.76. The van der Waals surface area contributed by atoms with E-state index in [1.54, 1.807) is 17.5 Å². The SMILES string of the molecule is CCNC(=O)N[C@@H](C(=O)N1CCC[C@H]1C1NC=C(c2ccc3nc(-c4ccc(-c5cnc([C@@H]6CCCN6C(=O)[C@@H](NC(=O)OC)C(C)C)[nH]5)cc4)sc3c2)N1)c1ccccc1. The Labute approximate surface area is 358 Å². The van der Waals surface area contributed by atoms with Gasteiger partial charge in [-0.15, -0.1) is 11.3 Å². The van der Waals surface area contributed by atoms with Gasteiger partial charge < -0.3 is 46.1 Å². The van der Waals surface area contributed by atoms with Crippen molar-refractivity contribution in [2.75, 3.05) is 26.7 Å². The number of methoxy groups -OCH3 is 1. The average Bonchev–Trinajstić information content (AvgIpc) is 4.13. The summed E-state index contributed by atoms with van der Waals surface area (Å²) >= 11 is 1.63. The minimum atomic E-state index is -0.797. The zero-order valence-corrected chi connectivity index (χ0v) is 35.6. The molecule has 16 heteroatoms. The Morgan fingerprint density at radius 2 is 1.64 bits per heavy atom. The Bertz CT molecular complexity index is 2410. The van der Waals surface area contributed by atoms with Crippen LogP contribution in [0.15, 0.2) is 85.2 Å². The fraction of sp³-hybridized carbons (Fsp3) is 0.378. The van der Waals surface area contributed by atoms with Crippen LogP contribution in [0.2, 0.25) is 0 Å². The molecule has 2 aromatic heterocycles. The number of fused-ring (bicyclic) bond motifs is 1. The number of nitrogens with zero attached hydrogens (tertiary/aromatic N) is 4. The zero-order valence-electron chi connectivity index (χ0n) is 34.7. The molecule has 61 heavy (non-hydrogen) atoms. The molecular formula is C45H52N10O5S. The Kier molecular flexibility index (Phi) is 12.2. The predicted octanol–water partition coefficient (Wildman–Crippen LogP) is 6.27. The number of nitrogens with one attached hydrogen (secondary N) is 6. The number of amides is 5. The molecule has 6 N–H and O–H groups in total. The number of aromatic nitrogens is 3. The fourth-order valence-corrected chi connectivity index (χ4v) is 9.52. The second-order valence-corrected chi connectivity index (χ2v) is 17.0. The molecular weight excluding hydrogens is 793 g/mol. The second kappa shape index (κ2) is 18.1. The minimum absolute atomic E-state index is 0.109. The number of ether oxygens (including phenoxy) is 1. The van der Waals surface area contributed by atoms with Crippen LogP contribution in [0.4, 0.5) is 9.59 Å². The summed E-state index contributed by atoms with van der Waals surface area (Å²) in [7, 11) is 1.29. The zero-order chi connectivity index (χ0) is 42.6. The Morgan fingerprint density at radius 1 is 0.902 bits per heavy atom. The van der Waals surface area contributed by atoms with Gasteiger partial charge in [0.15, 0.2) is 0 Å². The first kappa shape index (κ1) is 41.3. The van der Waals surface area contributed by atoms with Crippen molar-refractivity contribution in [3.63, 3.8) is 0 Å². The first-order chi connectivity index (χ1) is 29.6. The van der Waals surface area contributed by atoms with Gasteiger partial charge in [0.1, 0.15) is 29.1 Å². The number of hydrogen-bond acceptors (Lipinski definition) is 10. The molecule has 5 aromatic rings. The summed E-state index contributed by atoms with van der Waals surface area (Å²) in [5.41, 5.74) is 6.42. The average molecular weight is 845 g/mol. The highest BCUT2D eigenvalue weighted by Gasteiger charge is 2.40. The molecule has 0 saturated carbocycles. The molecule has 2 saturated heterocycles. The normalized spacial score (nSPS) is 19.6. The molecule has 3 aromatic carbocycles. The fourth-order valence-electron chi connectivity index (χ4n) is 8.51. The number of benzene rings is 3. The third-order valence-electron chi connectivity index (χ3n) is 11.7. The molecule has 0 spiro atoms. The van der Waals surface area contributed by atoms with Crippen molar-refractivity contribution in [2.45, 2.75) is 76.8 Å². The number of carbonyl (C=O) groups excluding carboxylic acids is 4. The van der Waals surface area contributed by atoms with Crippen LogP contribution in [0.1, 0.15) is 75.5 Å². The summed E-state index contributed by atoms with van der Waals surface area (Å²) in [4.78, 5) is 69.1. The number of likely N-dealkylation sites (tertiary alicyclic amines) is 2. The highest BCUT2D eigenvalue weighted by molar-refractivity contribution is 7.21. The smallest absolute Gasteiger partial charge is 0.407 e. The minimum Gasteiger partial charge on any atom is -0.453 e. The van der Waals surface area contributed by atoms with Gasteiger partial charge in [-0.2, -0.15) is 0 Å². The molecule has 8 rings (SSSR count). The van der Waals surface area contributed by atoms with Crippen molar-refractivity contribution in [1.29, 1.82) is 0 Å². The largest absolute Gasteiger partial charge is 0.453 e. The van der Waals surface area contributed by atoms with E-state index in [-0.39, 0.29) is 42.0 Å². The molecule has 2 fully saturated rings. The summed E-state index contributed by atoms with van der Waals surface area (Å²) in [5.74, 6) is 0.338. The van der Waals surface area contributed by atoms with Crippen molar-refractivity contribution >= 4 is 51.2 Å². The van der Waals surface area contributed by atoms with Gasteiger partial charge >= 0.3 is 12.1 Å². The first-order valence-corrected chi connectivity index (χ1v) is 21.8.